The number of nitrogens with two attached hydrogens (primary N) is 1. The fourth-order valence-corrected chi connectivity index (χ4v) is 4.64. The van der Waals surface area contributed by atoms with Crippen molar-refractivity contribution in [3.8, 4) is 17.3 Å². The minimum absolute atomic E-state index is 0.0121. The molecule has 0 spiro atoms. The number of rotatable bonds is 4. The normalized spacial score (nSPS) is 20.6. The molecule has 162 valence electrons. The van der Waals surface area contributed by atoms with Crippen molar-refractivity contribution in [3.63, 3.8) is 0 Å². The largest absolute Gasteiger partial charge is 0.385 e. The zero-order chi connectivity index (χ0) is 22.6. The predicted octanol–water partition coefficient (Wildman–Crippen LogP) is 3.43. The van der Waals surface area contributed by atoms with Crippen molar-refractivity contribution in [1.82, 2.24) is 15.3 Å². The molecule has 2 aliphatic carbocycles. The van der Waals surface area contributed by atoms with E-state index >= 15 is 0 Å². The van der Waals surface area contributed by atoms with Gasteiger partial charge in [-0.2, -0.15) is 5.26 Å². The second-order valence-corrected chi connectivity index (χ2v) is 9.13. The Bertz CT molecular complexity index is 1300. The molecule has 0 radical (unpaired) electrons. The van der Waals surface area contributed by atoms with Crippen LogP contribution >= 0.6 is 0 Å². The highest BCUT2D eigenvalue weighted by Gasteiger charge is 2.34. The van der Waals surface area contributed by atoms with E-state index in [0.29, 0.717) is 23.3 Å². The Labute approximate surface area is 186 Å². The molecule has 2 aromatic heterocycles. The Kier molecular flexibility index (Phi) is 4.64. The lowest BCUT2D eigenvalue weighted by Gasteiger charge is -2.19. The number of amides is 1. The van der Waals surface area contributed by atoms with Crippen LogP contribution in [0.3, 0.4) is 0 Å². The van der Waals surface area contributed by atoms with Crippen molar-refractivity contribution in [2.24, 2.45) is 5.92 Å². The van der Waals surface area contributed by atoms with Crippen LogP contribution in [0.4, 0.5) is 5.82 Å². The number of carbonyl (C=O) groups is 1. The van der Waals surface area contributed by atoms with Gasteiger partial charge in [0.15, 0.2) is 6.04 Å². The van der Waals surface area contributed by atoms with Crippen molar-refractivity contribution in [2.75, 3.05) is 5.73 Å². The fourth-order valence-electron chi connectivity index (χ4n) is 4.64. The molecule has 1 saturated carbocycles. The number of nitrogen functional groups attached to an aromatic ring is 1. The molecule has 1 amide bonds. The summed E-state index contributed by atoms with van der Waals surface area (Å²) >= 11 is 0. The van der Waals surface area contributed by atoms with E-state index in [1.54, 1.807) is 12.3 Å². The highest BCUT2D eigenvalue weighted by molar-refractivity contribution is 5.94. The number of carbonyl (C=O) groups excluding carboxylic acids is 1. The number of fused-ring (bicyclic) bond motifs is 2. The van der Waals surface area contributed by atoms with Crippen molar-refractivity contribution in [3.05, 3.63) is 52.8 Å². The van der Waals surface area contributed by atoms with Crippen molar-refractivity contribution in [1.29, 1.82) is 5.26 Å². The molecule has 0 bridgehead atoms. The molecule has 3 aromatic rings. The summed E-state index contributed by atoms with van der Waals surface area (Å²) in [4.78, 5) is 21.2. The maximum atomic E-state index is 12.2. The Balaban J connectivity index is 1.60. The second kappa shape index (κ2) is 7.28. The number of aryl methyl sites for hydroxylation is 1. The summed E-state index contributed by atoms with van der Waals surface area (Å²) in [5, 5.41) is 24.7. The number of aromatic nitrogens is 2. The second-order valence-electron chi connectivity index (χ2n) is 9.13. The quantitative estimate of drug-likeness (QED) is 0.586. The highest BCUT2D eigenvalue weighted by atomic mass is 16.3. The third-order valence-electron chi connectivity index (χ3n) is 6.65. The molecule has 1 unspecified atom stereocenters. The first-order valence-electron chi connectivity index (χ1n) is 10.9. The number of hydrogen-bond acceptors (Lipinski definition) is 6. The maximum Gasteiger partial charge on any atom is 0.224 e. The lowest BCUT2D eigenvalue weighted by Crippen LogP contribution is -2.29. The number of nitriles is 1. The third kappa shape index (κ3) is 3.37. The first kappa shape index (κ1) is 20.4. The molecule has 1 aromatic carbocycles. The van der Waals surface area contributed by atoms with E-state index in [9.17, 15) is 15.2 Å². The van der Waals surface area contributed by atoms with E-state index < -0.39 is 11.6 Å². The summed E-state index contributed by atoms with van der Waals surface area (Å²) < 4.78 is 0. The number of benzene rings is 1. The van der Waals surface area contributed by atoms with Gasteiger partial charge in [0.1, 0.15) is 5.82 Å². The van der Waals surface area contributed by atoms with Gasteiger partial charge in [-0.3, -0.25) is 9.78 Å². The fraction of sp³-hybridized carbons (Fsp3) is 0.360. The Morgan fingerprint density at radius 1 is 1.38 bits per heavy atom. The van der Waals surface area contributed by atoms with E-state index in [1.165, 1.54) is 0 Å². The van der Waals surface area contributed by atoms with Crippen LogP contribution in [0.1, 0.15) is 54.6 Å². The van der Waals surface area contributed by atoms with Crippen LogP contribution in [0.5, 0.6) is 0 Å². The van der Waals surface area contributed by atoms with Gasteiger partial charge in [-0.25, -0.2) is 4.98 Å². The minimum atomic E-state index is -0.850. The predicted molar refractivity (Wildman–Crippen MR) is 121 cm³/mol. The monoisotopic (exact) mass is 427 g/mol. The van der Waals surface area contributed by atoms with Crippen LogP contribution in [0.25, 0.3) is 22.0 Å². The number of anilines is 1. The van der Waals surface area contributed by atoms with Crippen molar-refractivity contribution in [2.45, 2.75) is 51.2 Å². The van der Waals surface area contributed by atoms with E-state index in [2.05, 4.69) is 21.4 Å². The summed E-state index contributed by atoms with van der Waals surface area (Å²) in [6, 6.07) is 9.07. The van der Waals surface area contributed by atoms with Crippen molar-refractivity contribution < 1.29 is 9.90 Å². The molecule has 0 saturated heterocycles. The number of hydrogen-bond donors (Lipinski definition) is 3. The zero-order valence-corrected chi connectivity index (χ0v) is 18.1. The van der Waals surface area contributed by atoms with Crippen LogP contribution in [-0.2, 0) is 16.8 Å². The van der Waals surface area contributed by atoms with Gasteiger partial charge in [-0.1, -0.05) is 12.1 Å². The topological polar surface area (TPSA) is 125 Å². The van der Waals surface area contributed by atoms with Gasteiger partial charge in [-0.05, 0) is 73.7 Å². The van der Waals surface area contributed by atoms with Gasteiger partial charge < -0.3 is 16.2 Å². The molecule has 7 nitrogen and oxygen atoms in total. The standard InChI is InChI=1S/C25H25N5O2/c1-13-3-6-18-16(7-8-25(18,2)32)22(13)20-10-15-9-19(28-12-17(15)23(27)29-20)21(11-26)30-24(31)14-4-5-14/h3,6,9-10,12,14,21,32H,4-5,7-8H2,1-2H3,(H2,27,29)(H,30,31)/t21?,25-/m1/s1. The number of nitrogens with one attached hydrogen (secondary N) is 1. The van der Waals surface area contributed by atoms with Gasteiger partial charge in [0, 0.05) is 23.1 Å². The number of pyridine rings is 2. The molecule has 2 atom stereocenters. The van der Waals surface area contributed by atoms with E-state index in [-0.39, 0.29) is 11.8 Å². The van der Waals surface area contributed by atoms with Crippen LogP contribution in [0.2, 0.25) is 0 Å². The SMILES string of the molecule is Cc1ccc2c(c1-c1cc3cc(C(C#N)NC(=O)C4CC4)ncc3c(N)n1)CC[C@@]2(C)O. The average Bonchev–Trinajstić information content (AvgIpc) is 3.56. The molecule has 4 N–H and O–H groups in total. The first-order chi connectivity index (χ1) is 15.3. The van der Waals surface area contributed by atoms with Gasteiger partial charge in [0.2, 0.25) is 5.91 Å². The van der Waals surface area contributed by atoms with Crippen LogP contribution in [0, 0.1) is 24.2 Å². The summed E-state index contributed by atoms with van der Waals surface area (Å²) in [6.45, 7) is 3.87. The van der Waals surface area contributed by atoms with Crippen molar-refractivity contribution >= 4 is 22.5 Å². The molecule has 2 aliphatic rings. The number of aliphatic hydroxyl groups is 1. The molecule has 0 aliphatic heterocycles. The Morgan fingerprint density at radius 3 is 2.88 bits per heavy atom. The molecule has 1 fully saturated rings. The lowest BCUT2D eigenvalue weighted by molar-refractivity contribution is -0.122. The molecule has 7 heteroatoms. The summed E-state index contributed by atoms with van der Waals surface area (Å²) in [5.74, 6) is 0.267. The van der Waals surface area contributed by atoms with E-state index in [1.807, 2.05) is 32.0 Å². The van der Waals surface area contributed by atoms with Gasteiger partial charge >= 0.3 is 0 Å². The summed E-state index contributed by atoms with van der Waals surface area (Å²) in [5.41, 5.74) is 10.7. The Hall–Kier alpha value is -3.50. The molecular formula is C25H25N5O2. The minimum Gasteiger partial charge on any atom is -0.385 e. The maximum absolute atomic E-state index is 12.2. The molecular weight excluding hydrogens is 402 g/mol. The van der Waals surface area contributed by atoms with Gasteiger partial charge in [-0.15, -0.1) is 0 Å². The van der Waals surface area contributed by atoms with Crippen LogP contribution in [-0.4, -0.2) is 21.0 Å². The Morgan fingerprint density at radius 2 is 2.16 bits per heavy atom. The van der Waals surface area contributed by atoms with E-state index in [4.69, 9.17) is 5.73 Å². The lowest BCUT2D eigenvalue weighted by atomic mass is 9.91. The zero-order valence-electron chi connectivity index (χ0n) is 18.1. The molecule has 5 rings (SSSR count). The van der Waals surface area contributed by atoms with Gasteiger partial charge in [0.25, 0.3) is 0 Å². The third-order valence-corrected chi connectivity index (χ3v) is 6.65. The van der Waals surface area contributed by atoms with E-state index in [0.717, 1.165) is 52.6 Å². The highest BCUT2D eigenvalue weighted by Crippen LogP contribution is 2.43. The van der Waals surface area contributed by atoms with Crippen LogP contribution < -0.4 is 11.1 Å². The smallest absolute Gasteiger partial charge is 0.224 e. The summed E-state index contributed by atoms with van der Waals surface area (Å²) in [6.07, 6.45) is 4.78. The first-order valence-corrected chi connectivity index (χ1v) is 10.9. The van der Waals surface area contributed by atoms with Crippen LogP contribution in [0.15, 0.2) is 30.5 Å². The van der Waals surface area contributed by atoms with Gasteiger partial charge in [0.05, 0.1) is 23.1 Å². The summed E-state index contributed by atoms with van der Waals surface area (Å²) in [7, 11) is 0. The molecule has 2 heterocycles. The average molecular weight is 428 g/mol. The number of nitrogens with zero attached hydrogens (tertiary/aromatic N) is 3. The molecule has 32 heavy (non-hydrogen) atoms.